The Balaban J connectivity index is 0.00000118. The molecule has 274 valence electrons. The first-order valence-electron chi connectivity index (χ1n) is 17.3. The van der Waals surface area contributed by atoms with E-state index < -0.39 is 23.3 Å². The molecule has 3 rings (SSSR count). The van der Waals surface area contributed by atoms with Gasteiger partial charge in [-0.25, -0.2) is 4.79 Å². The van der Waals surface area contributed by atoms with E-state index in [0.29, 0.717) is 51.0 Å². The van der Waals surface area contributed by atoms with E-state index in [0.717, 1.165) is 24.8 Å². The largest absolute Gasteiger partial charge is 0.461 e. The fourth-order valence-electron chi connectivity index (χ4n) is 5.15. The highest BCUT2D eigenvalue weighted by Crippen LogP contribution is 2.41. The van der Waals surface area contributed by atoms with Gasteiger partial charge in [0.2, 0.25) is 29.5 Å². The van der Waals surface area contributed by atoms with E-state index in [-0.39, 0.29) is 55.1 Å². The normalized spacial score (nSPS) is 15.8. The maximum Gasteiger partial charge on any atom is 0.312 e. The summed E-state index contributed by atoms with van der Waals surface area (Å²) in [6.45, 7) is 12.5. The third-order valence-corrected chi connectivity index (χ3v) is 8.14. The molecule has 7 amide bonds. The maximum absolute atomic E-state index is 12.9. The predicted molar refractivity (Wildman–Crippen MR) is 186 cm³/mol. The van der Waals surface area contributed by atoms with Gasteiger partial charge >= 0.3 is 12.0 Å². The number of carbonyl (C=O) groups excluding carboxylic acids is 7. The number of urea groups is 1. The van der Waals surface area contributed by atoms with E-state index in [1.807, 2.05) is 34.6 Å². The molecule has 1 atom stereocenters. The Morgan fingerprint density at radius 3 is 2.06 bits per heavy atom. The Kier molecular flexibility index (Phi) is 19.3. The van der Waals surface area contributed by atoms with Crippen LogP contribution in [0.2, 0.25) is 0 Å². The summed E-state index contributed by atoms with van der Waals surface area (Å²) in [5.41, 5.74) is 4.86. The van der Waals surface area contributed by atoms with E-state index in [1.54, 1.807) is 24.3 Å². The van der Waals surface area contributed by atoms with Crippen LogP contribution in [0, 0.1) is 17.3 Å². The van der Waals surface area contributed by atoms with Gasteiger partial charge in [0.1, 0.15) is 12.0 Å². The number of hydrogen-bond donors (Lipinski definition) is 5. The van der Waals surface area contributed by atoms with Crippen LogP contribution in [0.1, 0.15) is 98.5 Å². The number of rotatable bonds is 16. The lowest BCUT2D eigenvalue weighted by Gasteiger charge is -2.38. The number of amides is 7. The number of esters is 1. The molecule has 0 bridgehead atoms. The second-order valence-corrected chi connectivity index (χ2v) is 12.2. The van der Waals surface area contributed by atoms with Gasteiger partial charge in [0, 0.05) is 44.6 Å². The number of imide groups is 1. The van der Waals surface area contributed by atoms with Crippen LogP contribution < -0.4 is 27.0 Å². The number of nitrogens with two attached hydrogens (primary N) is 1. The molecule has 1 saturated heterocycles. The molecule has 6 N–H and O–H groups in total. The summed E-state index contributed by atoms with van der Waals surface area (Å²) in [6, 6.07) is 6.34. The van der Waals surface area contributed by atoms with Gasteiger partial charge in [-0.3, -0.25) is 33.7 Å². The van der Waals surface area contributed by atoms with E-state index >= 15 is 0 Å². The third-order valence-electron chi connectivity index (χ3n) is 8.14. The Morgan fingerprint density at radius 1 is 0.939 bits per heavy atom. The van der Waals surface area contributed by atoms with Gasteiger partial charge in [-0.2, -0.15) is 0 Å². The number of unbranched alkanes of at least 4 members (excludes halogenated alkanes) is 2. The molecule has 1 aliphatic carbocycles. The Hall–Kier alpha value is -4.49. The summed E-state index contributed by atoms with van der Waals surface area (Å²) in [5, 5.41) is 10.6. The van der Waals surface area contributed by atoms with E-state index in [4.69, 9.17) is 10.5 Å². The van der Waals surface area contributed by atoms with Crippen LogP contribution in [0.3, 0.4) is 0 Å². The van der Waals surface area contributed by atoms with Crippen molar-refractivity contribution in [2.75, 3.05) is 31.5 Å². The number of carbonyl (C=O) groups is 7. The van der Waals surface area contributed by atoms with Crippen molar-refractivity contribution in [2.45, 2.75) is 99.5 Å². The smallest absolute Gasteiger partial charge is 0.312 e. The molecule has 2 fully saturated rings. The minimum absolute atomic E-state index is 0.0888. The first kappa shape index (κ1) is 42.5. The molecule has 14 heteroatoms. The predicted octanol–water partition coefficient (Wildman–Crippen LogP) is 3.38. The zero-order valence-electron chi connectivity index (χ0n) is 29.9. The number of likely N-dealkylation sites (tertiary alicyclic amines) is 1. The number of nitrogens with zero attached hydrogens (tertiary/aromatic N) is 1. The number of primary amides is 1. The zero-order valence-corrected chi connectivity index (χ0v) is 29.9. The molecule has 0 radical (unpaired) electrons. The molecule has 1 saturated carbocycles. The molecular weight excluding hydrogens is 632 g/mol. The molecule has 1 aliphatic heterocycles. The molecule has 0 spiro atoms. The van der Waals surface area contributed by atoms with Gasteiger partial charge in [0.15, 0.2) is 0 Å². The monoisotopic (exact) mass is 688 g/mol. The molecular formula is C35H56N6O8. The van der Waals surface area contributed by atoms with Crippen LogP contribution >= 0.6 is 0 Å². The minimum atomic E-state index is -1.17. The maximum atomic E-state index is 12.9. The summed E-state index contributed by atoms with van der Waals surface area (Å²) < 4.78 is 4.93. The van der Waals surface area contributed by atoms with Gasteiger partial charge in [-0.15, -0.1) is 0 Å². The fraction of sp³-hybridized carbons (Fsp3) is 0.629. The molecule has 0 aromatic heterocycles. The highest BCUT2D eigenvalue weighted by Gasteiger charge is 2.50. The molecule has 49 heavy (non-hydrogen) atoms. The van der Waals surface area contributed by atoms with Crippen molar-refractivity contribution >= 4 is 47.2 Å². The zero-order chi connectivity index (χ0) is 37.0. The van der Waals surface area contributed by atoms with Gasteiger partial charge in [-0.1, -0.05) is 53.2 Å². The fourth-order valence-corrected chi connectivity index (χ4v) is 5.15. The van der Waals surface area contributed by atoms with Crippen molar-refractivity contribution in [2.24, 2.45) is 23.0 Å². The van der Waals surface area contributed by atoms with Crippen LogP contribution in [0.15, 0.2) is 24.3 Å². The minimum Gasteiger partial charge on any atom is -0.461 e. The summed E-state index contributed by atoms with van der Waals surface area (Å²) in [7, 11) is 0. The van der Waals surface area contributed by atoms with Crippen molar-refractivity contribution in [1.82, 2.24) is 20.9 Å². The number of anilines is 1. The van der Waals surface area contributed by atoms with Crippen LogP contribution in [-0.2, 0) is 40.1 Å². The first-order valence-corrected chi connectivity index (χ1v) is 17.3. The highest BCUT2D eigenvalue weighted by molar-refractivity contribution is 6.07. The summed E-state index contributed by atoms with van der Waals surface area (Å²) in [4.78, 5) is 84.7. The van der Waals surface area contributed by atoms with E-state index in [9.17, 15) is 33.6 Å². The van der Waals surface area contributed by atoms with Gasteiger partial charge in [0.05, 0.1) is 6.54 Å². The number of ether oxygens (including phenoxy) is 1. The van der Waals surface area contributed by atoms with Crippen molar-refractivity contribution in [3.63, 3.8) is 0 Å². The van der Waals surface area contributed by atoms with Crippen molar-refractivity contribution in [1.29, 1.82) is 0 Å². The molecule has 1 heterocycles. The van der Waals surface area contributed by atoms with Crippen LogP contribution in [-0.4, -0.2) is 72.6 Å². The molecule has 1 unspecified atom stereocenters. The second-order valence-electron chi connectivity index (χ2n) is 12.2. The number of hydrogen-bond acceptors (Lipinski definition) is 8. The van der Waals surface area contributed by atoms with Crippen LogP contribution in [0.4, 0.5) is 10.5 Å². The van der Waals surface area contributed by atoms with Crippen LogP contribution in [0.5, 0.6) is 0 Å². The quantitative estimate of drug-likeness (QED) is 0.0751. The highest BCUT2D eigenvalue weighted by atomic mass is 16.5. The van der Waals surface area contributed by atoms with E-state index in [1.165, 1.54) is 11.8 Å². The number of benzene rings is 1. The molecule has 1 aromatic rings. The lowest BCUT2D eigenvalue weighted by Crippen LogP contribution is -2.56. The van der Waals surface area contributed by atoms with Gasteiger partial charge < -0.3 is 31.7 Å². The Bertz CT molecular complexity index is 1260. The topological polar surface area (TPSA) is 206 Å². The standard InChI is InChI=1S/C29H40N4O7.C4H10N2O.C2H6/c1-19(2)23-16-25(36)33(26(23)37)15-6-4-5-14-30-27(38)29(12-7-13-29)28(39)31-17-24(35)32-22-10-8-21(9-11-22)18-40-20(3)34;1-2-3-6-4(5)7;1-2/h8-11,19,23H,4-7,12-18H2,1-3H3,(H,30,38)(H,31,39)(H,32,35);2-3H2,1H3,(H3,5,6,7);1-2H3. The average Bonchev–Trinajstić information content (AvgIpc) is 3.33. The van der Waals surface area contributed by atoms with Crippen LogP contribution in [0.25, 0.3) is 0 Å². The Labute approximate surface area is 290 Å². The average molecular weight is 689 g/mol. The van der Waals surface area contributed by atoms with Gasteiger partial charge in [-0.05, 0) is 62.1 Å². The third kappa shape index (κ3) is 14.3. The second kappa shape index (κ2) is 22.2. The summed E-state index contributed by atoms with van der Waals surface area (Å²) >= 11 is 0. The first-order chi connectivity index (χ1) is 23.3. The summed E-state index contributed by atoms with van der Waals surface area (Å²) in [6.07, 6.45) is 4.87. The SMILES string of the molecule is CC.CC(=O)OCc1ccc(NC(=O)CNC(=O)C2(C(=O)NCCCCCN3C(=O)CC(C(C)C)C3=O)CCC2)cc1.CCCNC(N)=O. The lowest BCUT2D eigenvalue weighted by molar-refractivity contribution is -0.150. The van der Waals surface area contributed by atoms with Crippen molar-refractivity contribution < 1.29 is 38.3 Å². The molecule has 14 nitrogen and oxygen atoms in total. The lowest BCUT2D eigenvalue weighted by atomic mass is 9.67. The molecule has 1 aromatic carbocycles. The van der Waals surface area contributed by atoms with Crippen molar-refractivity contribution in [3.05, 3.63) is 29.8 Å². The van der Waals surface area contributed by atoms with Gasteiger partial charge in [0.25, 0.3) is 0 Å². The molecule has 2 aliphatic rings. The number of nitrogens with one attached hydrogen (secondary N) is 4. The summed E-state index contributed by atoms with van der Waals surface area (Å²) in [5.74, 6) is -1.90. The van der Waals surface area contributed by atoms with E-state index in [2.05, 4.69) is 21.3 Å². The van der Waals surface area contributed by atoms with Crippen molar-refractivity contribution in [3.8, 4) is 0 Å². The Morgan fingerprint density at radius 2 is 1.57 bits per heavy atom.